The Labute approximate surface area is 200 Å². The summed E-state index contributed by atoms with van der Waals surface area (Å²) in [6, 6.07) is 11.2. The Morgan fingerprint density at radius 3 is 2.76 bits per heavy atom. The highest BCUT2D eigenvalue weighted by molar-refractivity contribution is 7.16. The highest BCUT2D eigenvalue weighted by Crippen LogP contribution is 2.27. The van der Waals surface area contributed by atoms with Gasteiger partial charge < -0.3 is 14.4 Å². The summed E-state index contributed by atoms with van der Waals surface area (Å²) in [5.74, 6) is 1.30. The van der Waals surface area contributed by atoms with Gasteiger partial charge in [-0.3, -0.25) is 4.79 Å². The third-order valence-electron chi connectivity index (χ3n) is 5.15. The lowest BCUT2D eigenvalue weighted by Gasteiger charge is -2.20. The molecule has 33 heavy (non-hydrogen) atoms. The zero-order chi connectivity index (χ0) is 23.4. The number of carbonyl (C=O) groups excluding carboxylic acids is 1. The fourth-order valence-corrected chi connectivity index (χ4v) is 4.63. The number of hydrogen-bond acceptors (Lipinski definition) is 6. The molecular weight excluding hydrogens is 460 g/mol. The molecular formula is C24H23ClN4O3S. The molecule has 0 spiro atoms. The minimum absolute atomic E-state index is 0.126. The number of fused-ring (bicyclic) bond motifs is 1. The van der Waals surface area contributed by atoms with Gasteiger partial charge in [-0.1, -0.05) is 17.7 Å². The number of amides is 1. The van der Waals surface area contributed by atoms with E-state index in [4.69, 9.17) is 21.1 Å². The third-order valence-corrected chi connectivity index (χ3v) is 6.37. The molecule has 1 amide bonds. The molecule has 0 N–H and O–H groups in total. The summed E-state index contributed by atoms with van der Waals surface area (Å²) in [7, 11) is 3.23. The zero-order valence-electron chi connectivity index (χ0n) is 18.3. The summed E-state index contributed by atoms with van der Waals surface area (Å²) >= 11 is 7.50. The van der Waals surface area contributed by atoms with Crippen molar-refractivity contribution in [3.63, 3.8) is 0 Å². The van der Waals surface area contributed by atoms with Crippen molar-refractivity contribution < 1.29 is 14.3 Å². The number of hydrogen-bond donors (Lipinski definition) is 0. The third kappa shape index (κ3) is 5.02. The maximum Gasteiger partial charge on any atom is 0.256 e. The smallest absolute Gasteiger partial charge is 0.256 e. The lowest BCUT2D eigenvalue weighted by Crippen LogP contribution is -2.30. The summed E-state index contributed by atoms with van der Waals surface area (Å²) in [5, 5.41) is 5.26. The Kier molecular flexibility index (Phi) is 6.96. The van der Waals surface area contributed by atoms with Gasteiger partial charge in [0.1, 0.15) is 11.5 Å². The highest BCUT2D eigenvalue weighted by atomic mass is 35.5. The van der Waals surface area contributed by atoms with Crippen LogP contribution in [0, 0.1) is 0 Å². The molecule has 0 aliphatic heterocycles. The number of nitrogens with zero attached hydrogens (tertiary/aromatic N) is 4. The average molecular weight is 483 g/mol. The van der Waals surface area contributed by atoms with E-state index in [-0.39, 0.29) is 5.91 Å². The van der Waals surface area contributed by atoms with Gasteiger partial charge in [0, 0.05) is 34.6 Å². The van der Waals surface area contributed by atoms with Crippen molar-refractivity contribution in [3.8, 4) is 11.5 Å². The van der Waals surface area contributed by atoms with Crippen LogP contribution in [0.1, 0.15) is 20.8 Å². The lowest BCUT2D eigenvalue weighted by atomic mass is 10.2. The van der Waals surface area contributed by atoms with Crippen LogP contribution in [0.15, 0.2) is 61.4 Å². The first-order chi connectivity index (χ1) is 16.0. The maximum atomic E-state index is 13.2. The van der Waals surface area contributed by atoms with Crippen molar-refractivity contribution in [2.45, 2.75) is 13.1 Å². The molecule has 1 aromatic carbocycles. The molecule has 3 heterocycles. The first-order valence-electron chi connectivity index (χ1n) is 10.2. The van der Waals surface area contributed by atoms with Crippen LogP contribution in [0.5, 0.6) is 11.5 Å². The van der Waals surface area contributed by atoms with Gasteiger partial charge in [0.05, 0.1) is 43.4 Å². The number of ether oxygens (including phenoxy) is 2. The van der Waals surface area contributed by atoms with Crippen LogP contribution in [-0.2, 0) is 13.1 Å². The van der Waals surface area contributed by atoms with Crippen LogP contribution < -0.4 is 9.47 Å². The molecule has 0 radical (unpaired) electrons. The Morgan fingerprint density at radius 1 is 1.21 bits per heavy atom. The molecule has 4 rings (SSSR count). The largest absolute Gasteiger partial charge is 0.497 e. The Bertz CT molecular complexity index is 1300. The molecule has 0 aliphatic carbocycles. The summed E-state index contributed by atoms with van der Waals surface area (Å²) < 4.78 is 13.2. The van der Waals surface area contributed by atoms with Gasteiger partial charge in [0.2, 0.25) is 0 Å². The van der Waals surface area contributed by atoms with Crippen molar-refractivity contribution in [2.24, 2.45) is 0 Å². The Morgan fingerprint density at radius 2 is 2.06 bits per heavy atom. The van der Waals surface area contributed by atoms with Gasteiger partial charge >= 0.3 is 0 Å². The summed E-state index contributed by atoms with van der Waals surface area (Å²) in [6.07, 6.45) is 5.01. The van der Waals surface area contributed by atoms with Crippen molar-refractivity contribution in [3.05, 3.63) is 81.8 Å². The normalized spacial score (nSPS) is 10.9. The first-order valence-corrected chi connectivity index (χ1v) is 11.4. The summed E-state index contributed by atoms with van der Waals surface area (Å²) in [4.78, 5) is 20.4. The topological polar surface area (TPSA) is 69.5 Å². The molecule has 0 fully saturated rings. The number of rotatable bonds is 9. The molecule has 7 nitrogen and oxygen atoms in total. The minimum atomic E-state index is -0.126. The predicted octanol–water partition coefficient (Wildman–Crippen LogP) is 5.04. The molecule has 9 heteroatoms. The predicted molar refractivity (Wildman–Crippen MR) is 130 cm³/mol. The van der Waals surface area contributed by atoms with E-state index in [0.717, 1.165) is 21.6 Å². The molecule has 0 aliphatic rings. The number of carbonyl (C=O) groups is 1. The van der Waals surface area contributed by atoms with Crippen LogP contribution in [0.2, 0.25) is 4.34 Å². The minimum Gasteiger partial charge on any atom is -0.497 e. The fraction of sp³-hybridized carbons (Fsp3) is 0.208. The molecule has 4 aromatic rings. The van der Waals surface area contributed by atoms with E-state index in [1.165, 1.54) is 11.3 Å². The van der Waals surface area contributed by atoms with E-state index in [1.807, 2.05) is 36.4 Å². The second kappa shape index (κ2) is 10.1. The summed E-state index contributed by atoms with van der Waals surface area (Å²) in [6.45, 7) is 5.12. The quantitative estimate of drug-likeness (QED) is 0.312. The molecule has 3 aromatic heterocycles. The lowest BCUT2D eigenvalue weighted by molar-refractivity contribution is 0.0764. The number of pyridine rings is 1. The van der Waals surface area contributed by atoms with Crippen LogP contribution in [-0.4, -0.2) is 46.3 Å². The molecule has 0 saturated heterocycles. The van der Waals surface area contributed by atoms with E-state index < -0.39 is 0 Å². The number of benzene rings is 1. The monoisotopic (exact) mass is 482 g/mol. The van der Waals surface area contributed by atoms with Gasteiger partial charge in [0.15, 0.2) is 5.65 Å². The molecule has 0 saturated carbocycles. The van der Waals surface area contributed by atoms with Gasteiger partial charge in [-0.15, -0.1) is 17.9 Å². The van der Waals surface area contributed by atoms with Gasteiger partial charge in [0.25, 0.3) is 5.91 Å². The van der Waals surface area contributed by atoms with E-state index in [2.05, 4.69) is 16.7 Å². The number of thiophene rings is 1. The van der Waals surface area contributed by atoms with Crippen molar-refractivity contribution >= 4 is 39.9 Å². The second-order valence-electron chi connectivity index (χ2n) is 7.30. The van der Waals surface area contributed by atoms with Gasteiger partial charge in [-0.2, -0.15) is 5.10 Å². The Hall–Kier alpha value is -3.36. The Balaban J connectivity index is 1.58. The van der Waals surface area contributed by atoms with E-state index in [0.29, 0.717) is 40.9 Å². The SMILES string of the molecule is C=CCN(Cc1ccc(Cl)s1)C(=O)c1cnc2c(cnn2Cc2ccc(OC)cc2OC)c1. The zero-order valence-corrected chi connectivity index (χ0v) is 19.9. The first kappa shape index (κ1) is 22.8. The van der Waals surface area contributed by atoms with Crippen molar-refractivity contribution in [1.29, 1.82) is 0 Å². The second-order valence-corrected chi connectivity index (χ2v) is 9.10. The standard InChI is InChI=1S/C24H23ClN4O3S/c1-4-9-28(15-20-7-8-22(25)33-20)24(30)18-10-17-13-27-29(23(17)26-12-18)14-16-5-6-19(31-2)11-21(16)32-3/h4-8,10-13H,1,9,14-15H2,2-3H3. The van der Waals surface area contributed by atoms with Gasteiger partial charge in [-0.25, -0.2) is 9.67 Å². The molecule has 0 bridgehead atoms. The maximum absolute atomic E-state index is 13.2. The van der Waals surface area contributed by atoms with E-state index in [1.54, 1.807) is 42.3 Å². The highest BCUT2D eigenvalue weighted by Gasteiger charge is 2.18. The number of methoxy groups -OCH3 is 2. The van der Waals surface area contributed by atoms with Crippen LogP contribution in [0.4, 0.5) is 0 Å². The van der Waals surface area contributed by atoms with Gasteiger partial charge in [-0.05, 0) is 30.3 Å². The number of halogens is 1. The van der Waals surface area contributed by atoms with E-state index >= 15 is 0 Å². The molecule has 0 unspecified atom stereocenters. The van der Waals surface area contributed by atoms with Crippen molar-refractivity contribution in [1.82, 2.24) is 19.7 Å². The fourth-order valence-electron chi connectivity index (χ4n) is 3.53. The van der Waals surface area contributed by atoms with Crippen molar-refractivity contribution in [2.75, 3.05) is 20.8 Å². The van der Waals surface area contributed by atoms with Crippen LogP contribution in [0.3, 0.4) is 0 Å². The molecule has 0 atom stereocenters. The summed E-state index contributed by atoms with van der Waals surface area (Å²) in [5.41, 5.74) is 2.12. The van der Waals surface area contributed by atoms with E-state index in [9.17, 15) is 4.79 Å². The molecule has 170 valence electrons. The van der Waals surface area contributed by atoms with Crippen LogP contribution in [0.25, 0.3) is 11.0 Å². The van der Waals surface area contributed by atoms with Crippen LogP contribution >= 0.6 is 22.9 Å². The number of aromatic nitrogens is 3. The average Bonchev–Trinajstić information content (AvgIpc) is 3.43.